The van der Waals surface area contributed by atoms with Gasteiger partial charge in [0.25, 0.3) is 0 Å². The molecule has 2 N–H and O–H groups in total. The largest absolute Gasteiger partial charge is 0.478 e. The van der Waals surface area contributed by atoms with Gasteiger partial charge in [0.1, 0.15) is 0 Å². The molecule has 0 bridgehead atoms. The molecule has 3 rings (SSSR count). The molecule has 2 heterocycles. The number of thiophene rings is 1. The normalized spacial score (nSPS) is 11.4. The second kappa shape index (κ2) is 6.15. The third kappa shape index (κ3) is 3.53. The number of aromatic amines is 1. The zero-order valence-electron chi connectivity index (χ0n) is 10.9. The number of fused-ring (bicyclic) bond motifs is 1. The summed E-state index contributed by atoms with van der Waals surface area (Å²) in [7, 11) is 0. The maximum atomic E-state index is 10.5. The van der Waals surface area contributed by atoms with E-state index in [0.717, 1.165) is 32.9 Å². The summed E-state index contributed by atoms with van der Waals surface area (Å²) in [5, 5.41) is 9.50. The second-order valence-corrected chi connectivity index (χ2v) is 6.49. The van der Waals surface area contributed by atoms with Crippen LogP contribution in [0.1, 0.15) is 9.75 Å². The molecule has 6 heteroatoms. The fourth-order valence-electron chi connectivity index (χ4n) is 1.85. The van der Waals surface area contributed by atoms with E-state index in [9.17, 15) is 4.79 Å². The van der Waals surface area contributed by atoms with Crippen molar-refractivity contribution in [3.63, 3.8) is 0 Å². The summed E-state index contributed by atoms with van der Waals surface area (Å²) in [5.74, 6) is -0.118. The maximum absolute atomic E-state index is 10.5. The van der Waals surface area contributed by atoms with Crippen LogP contribution in [0.25, 0.3) is 17.1 Å². The number of aromatic nitrogens is 2. The van der Waals surface area contributed by atoms with E-state index < -0.39 is 5.97 Å². The van der Waals surface area contributed by atoms with Crippen molar-refractivity contribution in [2.24, 2.45) is 0 Å². The highest BCUT2D eigenvalue weighted by Crippen LogP contribution is 2.27. The highest BCUT2D eigenvalue weighted by Gasteiger charge is 2.04. The number of rotatable bonds is 5. The first-order valence-corrected chi connectivity index (χ1v) is 8.08. The average molecular weight is 316 g/mol. The number of carboxylic acids is 1. The fourth-order valence-corrected chi connectivity index (χ4v) is 3.70. The van der Waals surface area contributed by atoms with Crippen LogP contribution in [0, 0.1) is 0 Å². The Morgan fingerprint density at radius 1 is 1.33 bits per heavy atom. The molecule has 0 radical (unpaired) electrons. The van der Waals surface area contributed by atoms with Crippen molar-refractivity contribution in [3.05, 3.63) is 52.2 Å². The van der Waals surface area contributed by atoms with Crippen LogP contribution in [0.15, 0.2) is 47.6 Å². The Kier molecular flexibility index (Phi) is 4.08. The number of nitrogens with zero attached hydrogens (tertiary/aromatic N) is 1. The van der Waals surface area contributed by atoms with E-state index in [-0.39, 0.29) is 0 Å². The first kappa shape index (κ1) is 13.9. The zero-order valence-corrected chi connectivity index (χ0v) is 12.6. The van der Waals surface area contributed by atoms with Gasteiger partial charge in [0.2, 0.25) is 0 Å². The van der Waals surface area contributed by atoms with Gasteiger partial charge in [0.15, 0.2) is 5.16 Å². The third-order valence-corrected chi connectivity index (χ3v) is 4.95. The molecule has 0 saturated carbocycles. The fraction of sp³-hybridized carbons (Fsp3) is 0.0667. The number of hydrogen-bond donors (Lipinski definition) is 2. The summed E-state index contributed by atoms with van der Waals surface area (Å²) in [6, 6.07) is 11.9. The zero-order chi connectivity index (χ0) is 14.7. The van der Waals surface area contributed by atoms with Crippen molar-refractivity contribution >= 4 is 46.2 Å². The van der Waals surface area contributed by atoms with Crippen LogP contribution in [0.3, 0.4) is 0 Å². The Labute approximate surface area is 129 Å². The topological polar surface area (TPSA) is 66.0 Å². The number of para-hydroxylation sites is 2. The maximum Gasteiger partial charge on any atom is 0.328 e. The number of aliphatic carboxylic acids is 1. The van der Waals surface area contributed by atoms with Gasteiger partial charge in [-0.25, -0.2) is 9.78 Å². The second-order valence-electron chi connectivity index (χ2n) is 4.32. The summed E-state index contributed by atoms with van der Waals surface area (Å²) < 4.78 is 0. The highest BCUT2D eigenvalue weighted by atomic mass is 32.2. The quantitative estimate of drug-likeness (QED) is 0.551. The first-order chi connectivity index (χ1) is 10.2. The Morgan fingerprint density at radius 3 is 3.00 bits per heavy atom. The lowest BCUT2D eigenvalue weighted by atomic mass is 10.3. The van der Waals surface area contributed by atoms with Gasteiger partial charge in [-0.3, -0.25) is 0 Å². The predicted octanol–water partition coefficient (Wildman–Crippen LogP) is 4.01. The number of benzene rings is 1. The molecule has 106 valence electrons. The summed E-state index contributed by atoms with van der Waals surface area (Å²) in [4.78, 5) is 20.4. The molecule has 0 spiro atoms. The molecule has 0 saturated heterocycles. The van der Waals surface area contributed by atoms with E-state index in [1.54, 1.807) is 29.2 Å². The van der Waals surface area contributed by atoms with E-state index in [1.165, 1.54) is 4.88 Å². The molecule has 1 aromatic carbocycles. The Balaban J connectivity index is 1.66. The van der Waals surface area contributed by atoms with Crippen molar-refractivity contribution in [3.8, 4) is 0 Å². The van der Waals surface area contributed by atoms with Crippen LogP contribution in [0.4, 0.5) is 0 Å². The number of H-pyrrole nitrogens is 1. The van der Waals surface area contributed by atoms with Gasteiger partial charge in [0, 0.05) is 21.6 Å². The number of hydrogen-bond acceptors (Lipinski definition) is 4. The SMILES string of the molecule is O=C(O)C=Cc1ccc(CSc2nc3ccccc3[nH]2)s1. The van der Waals surface area contributed by atoms with Gasteiger partial charge in [-0.15, -0.1) is 11.3 Å². The van der Waals surface area contributed by atoms with Gasteiger partial charge < -0.3 is 10.1 Å². The molecule has 0 fully saturated rings. The molecular formula is C15H12N2O2S2. The van der Waals surface area contributed by atoms with Crippen molar-refractivity contribution in [2.45, 2.75) is 10.9 Å². The Bertz CT molecular complexity index is 772. The minimum atomic E-state index is -0.929. The summed E-state index contributed by atoms with van der Waals surface area (Å²) >= 11 is 3.23. The molecule has 3 aromatic rings. The van der Waals surface area contributed by atoms with E-state index >= 15 is 0 Å². The van der Waals surface area contributed by atoms with Crippen LogP contribution in [0.2, 0.25) is 0 Å². The van der Waals surface area contributed by atoms with Crippen LogP contribution in [-0.4, -0.2) is 21.0 Å². The van der Waals surface area contributed by atoms with Crippen molar-refractivity contribution in [1.29, 1.82) is 0 Å². The molecule has 0 atom stereocenters. The molecule has 0 aliphatic carbocycles. The van der Waals surface area contributed by atoms with Crippen molar-refractivity contribution < 1.29 is 9.90 Å². The highest BCUT2D eigenvalue weighted by molar-refractivity contribution is 7.98. The number of thioether (sulfide) groups is 1. The van der Waals surface area contributed by atoms with E-state index in [2.05, 4.69) is 9.97 Å². The molecule has 4 nitrogen and oxygen atoms in total. The molecule has 2 aromatic heterocycles. The summed E-state index contributed by atoms with van der Waals surface area (Å²) in [6.07, 6.45) is 2.77. The summed E-state index contributed by atoms with van der Waals surface area (Å²) in [6.45, 7) is 0. The van der Waals surface area contributed by atoms with E-state index in [4.69, 9.17) is 5.11 Å². The standard InChI is InChI=1S/C15H12N2O2S2/c18-14(19)8-7-10-5-6-11(21-10)9-20-15-16-12-3-1-2-4-13(12)17-15/h1-8H,9H2,(H,16,17)(H,18,19). The monoisotopic (exact) mass is 316 g/mol. The van der Waals surface area contributed by atoms with Crippen LogP contribution < -0.4 is 0 Å². The number of carboxylic acid groups (broad SMARTS) is 1. The summed E-state index contributed by atoms with van der Waals surface area (Å²) in [5.41, 5.74) is 2.01. The van der Waals surface area contributed by atoms with E-state index in [0.29, 0.717) is 0 Å². The Hall–Kier alpha value is -2.05. The predicted molar refractivity (Wildman–Crippen MR) is 86.6 cm³/mol. The molecule has 0 aliphatic rings. The van der Waals surface area contributed by atoms with Crippen LogP contribution >= 0.6 is 23.1 Å². The van der Waals surface area contributed by atoms with Gasteiger partial charge >= 0.3 is 5.97 Å². The number of nitrogens with one attached hydrogen (secondary N) is 1. The van der Waals surface area contributed by atoms with E-state index in [1.807, 2.05) is 36.4 Å². The molecule has 0 aliphatic heterocycles. The van der Waals surface area contributed by atoms with Crippen molar-refractivity contribution in [1.82, 2.24) is 9.97 Å². The molecule has 21 heavy (non-hydrogen) atoms. The van der Waals surface area contributed by atoms with Crippen molar-refractivity contribution in [2.75, 3.05) is 0 Å². The van der Waals surface area contributed by atoms with Gasteiger partial charge in [0.05, 0.1) is 11.0 Å². The number of imidazole rings is 1. The third-order valence-electron chi connectivity index (χ3n) is 2.79. The van der Waals surface area contributed by atoms with Gasteiger partial charge in [-0.1, -0.05) is 23.9 Å². The van der Waals surface area contributed by atoms with Gasteiger partial charge in [-0.05, 0) is 30.3 Å². The lowest BCUT2D eigenvalue weighted by molar-refractivity contribution is -0.131. The number of carbonyl (C=O) groups is 1. The molecule has 0 unspecified atom stereocenters. The van der Waals surface area contributed by atoms with Crippen LogP contribution in [0.5, 0.6) is 0 Å². The molecule has 0 amide bonds. The Morgan fingerprint density at radius 2 is 2.19 bits per heavy atom. The molecular weight excluding hydrogens is 304 g/mol. The van der Waals surface area contributed by atoms with Gasteiger partial charge in [-0.2, -0.15) is 0 Å². The van der Waals surface area contributed by atoms with Crippen LogP contribution in [-0.2, 0) is 10.5 Å². The lowest BCUT2D eigenvalue weighted by Gasteiger charge is -1.93. The lowest BCUT2D eigenvalue weighted by Crippen LogP contribution is -1.84. The minimum absolute atomic E-state index is 0.811. The smallest absolute Gasteiger partial charge is 0.328 e. The average Bonchev–Trinajstić information content (AvgIpc) is 3.09. The minimum Gasteiger partial charge on any atom is -0.478 e. The first-order valence-electron chi connectivity index (χ1n) is 6.28.